The molecule has 0 atom stereocenters. The third kappa shape index (κ3) is 2.90. The largest absolute Gasteiger partial charge is 0.268 e. The summed E-state index contributed by atoms with van der Waals surface area (Å²) in [5, 5.41) is 0.629. The summed E-state index contributed by atoms with van der Waals surface area (Å²) in [6.07, 6.45) is 1.58. The first kappa shape index (κ1) is 15.4. The minimum Gasteiger partial charge on any atom is -0.268 e. The second-order valence-corrected chi connectivity index (χ2v) is 5.18. The van der Waals surface area contributed by atoms with Crippen LogP contribution in [-0.2, 0) is 0 Å². The molecular weight excluding hydrogens is 328 g/mol. The lowest BCUT2D eigenvalue weighted by Crippen LogP contribution is -2.19. The van der Waals surface area contributed by atoms with Gasteiger partial charge in [0.15, 0.2) is 0 Å². The molecule has 0 amide bonds. The Labute approximate surface area is 132 Å². The van der Waals surface area contributed by atoms with Crippen molar-refractivity contribution in [3.8, 4) is 5.69 Å². The standard InChI is InChI=1S/C15H11BrN2O.C2H6/c1-10-12(16)6-4-8-14(10)18-9-17-13-7-3-2-5-11(13)15(18)19;1-2/h2-9H,1H3;1-2H3. The zero-order chi connectivity index (χ0) is 15.4. The number of aromatic nitrogens is 2. The number of hydrogen-bond donors (Lipinski definition) is 0. The Morgan fingerprint density at radius 1 is 1.05 bits per heavy atom. The first-order valence-corrected chi connectivity index (χ1v) is 7.69. The molecule has 0 spiro atoms. The van der Waals surface area contributed by atoms with Crippen LogP contribution in [0.2, 0.25) is 0 Å². The Morgan fingerprint density at radius 3 is 2.52 bits per heavy atom. The van der Waals surface area contributed by atoms with Gasteiger partial charge >= 0.3 is 0 Å². The number of benzene rings is 2. The molecule has 2 aromatic carbocycles. The van der Waals surface area contributed by atoms with Crippen LogP contribution in [0.1, 0.15) is 19.4 Å². The first-order valence-electron chi connectivity index (χ1n) is 6.90. The summed E-state index contributed by atoms with van der Waals surface area (Å²) in [6, 6.07) is 13.2. The molecule has 3 rings (SSSR count). The van der Waals surface area contributed by atoms with Gasteiger partial charge in [0.05, 0.1) is 16.6 Å². The van der Waals surface area contributed by atoms with E-state index >= 15 is 0 Å². The summed E-state index contributed by atoms with van der Waals surface area (Å²) in [4.78, 5) is 16.8. The number of hydrogen-bond acceptors (Lipinski definition) is 2. The molecule has 4 heteroatoms. The summed E-state index contributed by atoms with van der Waals surface area (Å²) in [5.74, 6) is 0. The minimum atomic E-state index is -0.0493. The van der Waals surface area contributed by atoms with Crippen molar-refractivity contribution in [3.63, 3.8) is 0 Å². The van der Waals surface area contributed by atoms with E-state index in [-0.39, 0.29) is 5.56 Å². The fourth-order valence-electron chi connectivity index (χ4n) is 2.10. The van der Waals surface area contributed by atoms with E-state index in [9.17, 15) is 4.79 Å². The smallest absolute Gasteiger partial charge is 0.265 e. The number of halogens is 1. The summed E-state index contributed by atoms with van der Waals surface area (Å²) in [6.45, 7) is 5.97. The molecule has 0 saturated heterocycles. The first-order chi connectivity index (χ1) is 10.2. The fourth-order valence-corrected chi connectivity index (χ4v) is 2.45. The average molecular weight is 345 g/mol. The van der Waals surface area contributed by atoms with E-state index in [2.05, 4.69) is 20.9 Å². The zero-order valence-corrected chi connectivity index (χ0v) is 13.9. The third-order valence-corrected chi connectivity index (χ3v) is 4.02. The number of rotatable bonds is 1. The van der Waals surface area contributed by atoms with Crippen molar-refractivity contribution in [1.82, 2.24) is 9.55 Å². The highest BCUT2D eigenvalue weighted by Crippen LogP contribution is 2.21. The molecule has 0 saturated carbocycles. The summed E-state index contributed by atoms with van der Waals surface area (Å²) in [5.41, 5.74) is 2.53. The van der Waals surface area contributed by atoms with E-state index in [0.29, 0.717) is 5.39 Å². The third-order valence-electron chi connectivity index (χ3n) is 3.16. The molecule has 0 aliphatic heterocycles. The highest BCUT2D eigenvalue weighted by molar-refractivity contribution is 9.10. The van der Waals surface area contributed by atoms with E-state index in [4.69, 9.17) is 0 Å². The van der Waals surface area contributed by atoms with Gasteiger partial charge in [0.25, 0.3) is 5.56 Å². The molecule has 0 unspecified atom stereocenters. The van der Waals surface area contributed by atoms with Crippen molar-refractivity contribution in [1.29, 1.82) is 0 Å². The van der Waals surface area contributed by atoms with E-state index in [1.54, 1.807) is 17.0 Å². The predicted octanol–water partition coefficient (Wildman–Crippen LogP) is 4.48. The lowest BCUT2D eigenvalue weighted by molar-refractivity contribution is 0.951. The Morgan fingerprint density at radius 2 is 1.76 bits per heavy atom. The van der Waals surface area contributed by atoms with Gasteiger partial charge in [0.1, 0.15) is 6.33 Å². The Bertz CT molecular complexity index is 824. The van der Waals surface area contributed by atoms with Crippen molar-refractivity contribution >= 4 is 26.8 Å². The minimum absolute atomic E-state index is 0.0493. The molecular formula is C17H17BrN2O. The maximum Gasteiger partial charge on any atom is 0.265 e. The predicted molar refractivity (Wildman–Crippen MR) is 91.1 cm³/mol. The molecule has 0 radical (unpaired) electrons. The van der Waals surface area contributed by atoms with Gasteiger partial charge in [-0.2, -0.15) is 0 Å². The normalized spacial score (nSPS) is 10.1. The molecule has 1 heterocycles. The number of fused-ring (bicyclic) bond motifs is 1. The maximum absolute atomic E-state index is 12.5. The monoisotopic (exact) mass is 344 g/mol. The Kier molecular flexibility index (Phi) is 4.91. The second kappa shape index (κ2) is 6.68. The molecule has 0 aliphatic carbocycles. The maximum atomic E-state index is 12.5. The molecule has 0 fully saturated rings. The van der Waals surface area contributed by atoms with E-state index in [0.717, 1.165) is 21.2 Å². The van der Waals surface area contributed by atoms with Crippen molar-refractivity contribution < 1.29 is 0 Å². The van der Waals surface area contributed by atoms with Crippen LogP contribution in [0, 0.1) is 6.92 Å². The lowest BCUT2D eigenvalue weighted by Gasteiger charge is -2.10. The van der Waals surface area contributed by atoms with Crippen LogP contribution in [0.15, 0.2) is 58.1 Å². The van der Waals surface area contributed by atoms with E-state index < -0.39 is 0 Å². The summed E-state index contributed by atoms with van der Waals surface area (Å²) >= 11 is 3.48. The van der Waals surface area contributed by atoms with Crippen LogP contribution in [0.25, 0.3) is 16.6 Å². The lowest BCUT2D eigenvalue weighted by atomic mass is 10.2. The van der Waals surface area contributed by atoms with Gasteiger partial charge in [0, 0.05) is 4.47 Å². The molecule has 0 aliphatic rings. The highest BCUT2D eigenvalue weighted by atomic mass is 79.9. The van der Waals surface area contributed by atoms with Crippen molar-refractivity contribution in [2.75, 3.05) is 0 Å². The van der Waals surface area contributed by atoms with Gasteiger partial charge in [-0.1, -0.05) is 48.0 Å². The van der Waals surface area contributed by atoms with Gasteiger partial charge in [-0.3, -0.25) is 9.36 Å². The molecule has 3 nitrogen and oxygen atoms in total. The second-order valence-electron chi connectivity index (χ2n) is 4.32. The molecule has 21 heavy (non-hydrogen) atoms. The van der Waals surface area contributed by atoms with E-state index in [1.165, 1.54) is 0 Å². The van der Waals surface area contributed by atoms with Crippen LogP contribution in [0.4, 0.5) is 0 Å². The van der Waals surface area contributed by atoms with Gasteiger partial charge in [0.2, 0.25) is 0 Å². The quantitative estimate of drug-likeness (QED) is 0.652. The zero-order valence-electron chi connectivity index (χ0n) is 12.3. The van der Waals surface area contributed by atoms with Crippen LogP contribution in [0.3, 0.4) is 0 Å². The van der Waals surface area contributed by atoms with Crippen molar-refractivity contribution in [3.05, 3.63) is 69.2 Å². The molecule has 0 N–H and O–H groups in total. The van der Waals surface area contributed by atoms with Crippen LogP contribution < -0.4 is 5.56 Å². The van der Waals surface area contributed by atoms with Gasteiger partial charge in [-0.05, 0) is 36.8 Å². The average Bonchev–Trinajstić information content (AvgIpc) is 2.53. The molecule has 1 aromatic heterocycles. The Balaban J connectivity index is 0.000000774. The fraction of sp³-hybridized carbons (Fsp3) is 0.176. The van der Waals surface area contributed by atoms with Crippen LogP contribution in [0.5, 0.6) is 0 Å². The highest BCUT2D eigenvalue weighted by Gasteiger charge is 2.08. The van der Waals surface area contributed by atoms with Gasteiger partial charge in [-0.15, -0.1) is 0 Å². The van der Waals surface area contributed by atoms with Crippen LogP contribution >= 0.6 is 15.9 Å². The van der Waals surface area contributed by atoms with Crippen molar-refractivity contribution in [2.24, 2.45) is 0 Å². The molecule has 3 aromatic rings. The topological polar surface area (TPSA) is 34.9 Å². The van der Waals surface area contributed by atoms with Gasteiger partial charge in [-0.25, -0.2) is 4.98 Å². The molecule has 0 bridgehead atoms. The number of nitrogens with zero attached hydrogens (tertiary/aromatic N) is 2. The van der Waals surface area contributed by atoms with Crippen LogP contribution in [-0.4, -0.2) is 9.55 Å². The number of para-hydroxylation sites is 1. The van der Waals surface area contributed by atoms with Gasteiger partial charge < -0.3 is 0 Å². The summed E-state index contributed by atoms with van der Waals surface area (Å²) in [7, 11) is 0. The summed E-state index contributed by atoms with van der Waals surface area (Å²) < 4.78 is 2.56. The van der Waals surface area contributed by atoms with E-state index in [1.807, 2.05) is 57.2 Å². The molecule has 108 valence electrons. The Hall–Kier alpha value is -1.94. The SMILES string of the molecule is CC.Cc1c(Br)cccc1-n1cnc2ccccc2c1=O. The van der Waals surface area contributed by atoms with Crippen molar-refractivity contribution in [2.45, 2.75) is 20.8 Å².